The number of rotatable bonds is 8. The molecule has 0 heterocycles. The second-order valence-corrected chi connectivity index (χ2v) is 18.3. The highest BCUT2D eigenvalue weighted by molar-refractivity contribution is 6.31. The maximum absolute atomic E-state index is 15.0. The fourth-order valence-corrected chi connectivity index (χ4v) is 10.8. The zero-order chi connectivity index (χ0) is 37.6. The maximum Gasteiger partial charge on any atom is 0.317 e. The van der Waals surface area contributed by atoms with Gasteiger partial charge in [0.2, 0.25) is 0 Å². The van der Waals surface area contributed by atoms with Crippen LogP contribution in [0.4, 0.5) is 9.18 Å². The summed E-state index contributed by atoms with van der Waals surface area (Å²) in [4.78, 5) is 30.2. The van der Waals surface area contributed by atoms with Crippen LogP contribution in [0.1, 0.15) is 132 Å². The number of carbonyl (C=O) groups is 2. The van der Waals surface area contributed by atoms with Gasteiger partial charge in [-0.2, -0.15) is 0 Å². The molecule has 6 nitrogen and oxygen atoms in total. The molecule has 0 saturated heterocycles. The Bertz CT molecular complexity index is 1670. The molecule has 6 aliphatic rings. The van der Waals surface area contributed by atoms with Crippen molar-refractivity contribution in [2.24, 2.45) is 28.6 Å². The number of carbonyl (C=O) groups excluding carboxylic acids is 2. The van der Waals surface area contributed by atoms with E-state index in [4.69, 9.17) is 11.6 Å². The Morgan fingerprint density at radius 2 is 1.85 bits per heavy atom. The fourth-order valence-electron chi connectivity index (χ4n) is 10.5. The zero-order valence-electron chi connectivity index (χ0n) is 32.1. The van der Waals surface area contributed by atoms with E-state index >= 15 is 0 Å². The number of allylic oxidation sites excluding steroid dienone is 2. The predicted octanol–water partition coefficient (Wildman–Crippen LogP) is 9.44. The summed E-state index contributed by atoms with van der Waals surface area (Å²) in [5.74, 6) is 0.760. The van der Waals surface area contributed by atoms with E-state index in [0.717, 1.165) is 36.3 Å². The van der Waals surface area contributed by atoms with Gasteiger partial charge in [0.1, 0.15) is 5.82 Å². The van der Waals surface area contributed by atoms with E-state index in [9.17, 15) is 24.2 Å². The number of aliphatic hydroxyl groups is 2. The number of aliphatic hydroxyl groups excluding tert-OH is 1. The van der Waals surface area contributed by atoms with Crippen molar-refractivity contribution in [1.29, 1.82) is 0 Å². The number of halogens is 2. The van der Waals surface area contributed by atoms with E-state index in [1.54, 1.807) is 6.07 Å². The number of amides is 2. The monoisotopic (exact) mass is 734 g/mol. The fraction of sp³-hybridized carbons (Fsp3) is 0.636. The van der Waals surface area contributed by atoms with Gasteiger partial charge in [-0.1, -0.05) is 62.2 Å². The third-order valence-electron chi connectivity index (χ3n) is 14.0. The summed E-state index contributed by atoms with van der Waals surface area (Å²) in [5, 5.41) is 27.4. The molecule has 2 aromatic rings. The molecule has 4 fully saturated rings. The average molecular weight is 735 g/mol. The molecule has 7 atom stereocenters. The molecule has 0 aromatic heterocycles. The molecule has 3 N–H and O–H groups in total. The molecule has 0 aliphatic heterocycles. The zero-order valence-corrected chi connectivity index (χ0v) is 32.9. The minimum atomic E-state index is -1.22. The molecule has 284 valence electrons. The summed E-state index contributed by atoms with van der Waals surface area (Å²) in [7, 11) is 0. The van der Waals surface area contributed by atoms with Gasteiger partial charge >= 0.3 is 6.03 Å². The minimum Gasteiger partial charge on any atom is -0.393 e. The molecule has 0 radical (unpaired) electrons. The third-order valence-corrected chi connectivity index (χ3v) is 14.3. The lowest BCUT2D eigenvalue weighted by Crippen LogP contribution is -2.59. The van der Waals surface area contributed by atoms with Crippen molar-refractivity contribution in [3.8, 4) is 0 Å². The third kappa shape index (κ3) is 7.61. The lowest BCUT2D eigenvalue weighted by molar-refractivity contribution is -0.118. The van der Waals surface area contributed by atoms with E-state index in [1.807, 2.05) is 36.9 Å². The standard InChI is InChI=1S/C44H60ClFN2O4/c1-27(2)47-41(51)48(25-30-14-15-31-23-37(30)42(31,4)5)26-44(52)20-18-36-33-17-13-29(21-32(49)16-12-28(3)9-8-19-43(36,44)6)22-34(33)40(50)24-35-38(45)10-7-11-39(35)46/h7,9-11,13,17,22,27,30-32,36-37,49,52H,8,12,14-16,18-21,23-26H2,1-6H3,(H,47,51)/t30-,31-,32-,36-,37-,43-,44+/m0/s1. The van der Waals surface area contributed by atoms with Crippen LogP contribution in [-0.2, 0) is 12.8 Å². The van der Waals surface area contributed by atoms with Crippen molar-refractivity contribution < 1.29 is 24.2 Å². The number of Topliss-reactive ketones (excluding diaryl/α,β-unsaturated/α-hetero) is 1. The first-order chi connectivity index (χ1) is 24.5. The van der Waals surface area contributed by atoms with Gasteiger partial charge in [0.05, 0.1) is 18.2 Å². The van der Waals surface area contributed by atoms with Crippen LogP contribution >= 0.6 is 11.6 Å². The Balaban J connectivity index is 1.39. The average Bonchev–Trinajstić information content (AvgIpc) is 3.33. The largest absolute Gasteiger partial charge is 0.393 e. The minimum absolute atomic E-state index is 0.0385. The number of hydrogen-bond acceptors (Lipinski definition) is 4. The van der Waals surface area contributed by atoms with Crippen LogP contribution < -0.4 is 5.32 Å². The molecule has 4 saturated carbocycles. The van der Waals surface area contributed by atoms with E-state index in [0.29, 0.717) is 56.0 Å². The lowest BCUT2D eigenvalue weighted by Gasteiger charge is -2.60. The van der Waals surface area contributed by atoms with Gasteiger partial charge in [0.15, 0.2) is 5.78 Å². The molecule has 8 rings (SSSR count). The van der Waals surface area contributed by atoms with Gasteiger partial charge in [0, 0.05) is 40.6 Å². The highest BCUT2D eigenvalue weighted by Gasteiger charge is 2.59. The van der Waals surface area contributed by atoms with Gasteiger partial charge in [-0.15, -0.1) is 0 Å². The molecule has 0 unspecified atom stereocenters. The first-order valence-electron chi connectivity index (χ1n) is 19.7. The van der Waals surface area contributed by atoms with E-state index < -0.39 is 22.9 Å². The number of nitrogens with one attached hydrogen (secondary N) is 1. The summed E-state index contributed by atoms with van der Waals surface area (Å²) in [6.07, 6.45) is 9.24. The van der Waals surface area contributed by atoms with Crippen molar-refractivity contribution in [1.82, 2.24) is 10.2 Å². The first-order valence-corrected chi connectivity index (χ1v) is 20.1. The highest BCUT2D eigenvalue weighted by Crippen LogP contribution is 2.62. The molecule has 2 amide bonds. The van der Waals surface area contributed by atoms with Crippen molar-refractivity contribution in [3.05, 3.63) is 81.1 Å². The molecule has 0 spiro atoms. The summed E-state index contributed by atoms with van der Waals surface area (Å²) in [5.41, 5.74) is 1.91. The first kappa shape index (κ1) is 39.0. The predicted molar refractivity (Wildman–Crippen MR) is 206 cm³/mol. The maximum atomic E-state index is 15.0. The van der Waals surface area contributed by atoms with Crippen molar-refractivity contribution in [3.63, 3.8) is 0 Å². The highest BCUT2D eigenvalue weighted by atomic mass is 35.5. The number of urea groups is 1. The molecule has 8 heteroatoms. The molecule has 52 heavy (non-hydrogen) atoms. The van der Waals surface area contributed by atoms with Crippen LogP contribution in [0.5, 0.6) is 0 Å². The van der Waals surface area contributed by atoms with Crippen molar-refractivity contribution >= 4 is 23.4 Å². The van der Waals surface area contributed by atoms with Gasteiger partial charge < -0.3 is 20.4 Å². The summed E-state index contributed by atoms with van der Waals surface area (Å²) >= 11 is 6.41. The van der Waals surface area contributed by atoms with Gasteiger partial charge in [0.25, 0.3) is 0 Å². The van der Waals surface area contributed by atoms with E-state index in [2.05, 4.69) is 39.1 Å². The van der Waals surface area contributed by atoms with Crippen LogP contribution in [0.2, 0.25) is 5.02 Å². The second kappa shape index (κ2) is 15.2. The van der Waals surface area contributed by atoms with Crippen LogP contribution in [0.3, 0.4) is 0 Å². The van der Waals surface area contributed by atoms with Crippen molar-refractivity contribution in [2.75, 3.05) is 13.1 Å². The molecule has 2 aromatic carbocycles. The number of fused-ring (bicyclic) bond motifs is 10. The normalized spacial score (nSPS) is 31.3. The smallest absolute Gasteiger partial charge is 0.317 e. The Morgan fingerprint density at radius 3 is 2.54 bits per heavy atom. The lowest BCUT2D eigenvalue weighted by atomic mass is 9.45. The summed E-state index contributed by atoms with van der Waals surface area (Å²) in [6, 6.07) is 10.2. The number of ketones is 1. The van der Waals surface area contributed by atoms with Crippen LogP contribution in [0.15, 0.2) is 48.0 Å². The van der Waals surface area contributed by atoms with Crippen LogP contribution in [-0.4, -0.2) is 57.8 Å². The van der Waals surface area contributed by atoms with E-state index in [-0.39, 0.29) is 52.7 Å². The molecule has 6 aliphatic carbocycles. The second-order valence-electron chi connectivity index (χ2n) is 17.9. The summed E-state index contributed by atoms with van der Waals surface area (Å²) < 4.78 is 15.0. The number of benzene rings is 2. The van der Waals surface area contributed by atoms with Gasteiger partial charge in [-0.05, 0) is 143 Å². The van der Waals surface area contributed by atoms with Crippen LogP contribution in [0.25, 0.3) is 0 Å². The number of hydrogen-bond donors (Lipinski definition) is 3. The quantitative estimate of drug-likeness (QED) is 0.186. The Morgan fingerprint density at radius 1 is 1.08 bits per heavy atom. The Labute approximate surface area is 315 Å². The van der Waals surface area contributed by atoms with Gasteiger partial charge in [-0.25, -0.2) is 9.18 Å². The van der Waals surface area contributed by atoms with Gasteiger partial charge in [-0.3, -0.25) is 4.79 Å². The molecular weight excluding hydrogens is 675 g/mol. The topological polar surface area (TPSA) is 89.9 Å². The number of nitrogens with zero attached hydrogens (tertiary/aromatic N) is 1. The molecule has 4 bridgehead atoms. The van der Waals surface area contributed by atoms with Crippen molar-refractivity contribution in [2.45, 2.75) is 136 Å². The van der Waals surface area contributed by atoms with E-state index in [1.165, 1.54) is 30.5 Å². The van der Waals surface area contributed by atoms with Crippen LogP contribution in [0, 0.1) is 34.4 Å². The Hall–Kier alpha value is -2.74. The summed E-state index contributed by atoms with van der Waals surface area (Å²) in [6.45, 7) is 13.8. The SMILES string of the molecule is CC1=CCC[C@@]2(C)[C@@H](CC[C@@]2(O)CN(C[C@@H]2CC[C@H]3C[C@@H]2C3(C)C)C(=O)NC(C)C)c2ccc(cc2C(=O)Cc2c(F)cccc2Cl)C[C@@H](O)CC1. The Kier molecular flexibility index (Phi) is 11.4. The molecular formula is C44H60ClFN2O4.